The van der Waals surface area contributed by atoms with Crippen LogP contribution in [-0.2, 0) is 0 Å². The third-order valence-corrected chi connectivity index (χ3v) is 3.86. The quantitative estimate of drug-likeness (QED) is 0.657. The van der Waals surface area contributed by atoms with Gasteiger partial charge < -0.3 is 4.42 Å². The van der Waals surface area contributed by atoms with Gasteiger partial charge >= 0.3 is 0 Å². The lowest BCUT2D eigenvalue weighted by molar-refractivity contribution is 0.590. The highest BCUT2D eigenvalue weighted by Crippen LogP contribution is 2.25. The molecule has 0 N–H and O–H groups in total. The zero-order valence-corrected chi connectivity index (χ0v) is 13.1. The molecular weight excluding hydrogens is 328 g/mol. The van der Waals surface area contributed by atoms with Crippen molar-refractivity contribution < 1.29 is 4.42 Å². The zero-order chi connectivity index (χ0) is 14.8. The van der Waals surface area contributed by atoms with E-state index in [0.29, 0.717) is 16.7 Å². The molecule has 1 heterocycles. The molecular formula is C18H13BrO2. The number of aryl methyl sites for hydroxylation is 1. The normalized spacial score (nSPS) is 11.8. The molecule has 0 amide bonds. The van der Waals surface area contributed by atoms with Gasteiger partial charge in [0.05, 0.1) is 9.87 Å². The summed E-state index contributed by atoms with van der Waals surface area (Å²) in [5.74, 6) is 0.527. The van der Waals surface area contributed by atoms with E-state index >= 15 is 0 Å². The Bertz CT molecular complexity index is 874. The Kier molecular flexibility index (Phi) is 3.76. The second kappa shape index (κ2) is 5.70. The lowest BCUT2D eigenvalue weighted by atomic mass is 10.1. The highest BCUT2D eigenvalue weighted by Gasteiger charge is 2.06. The number of rotatable bonds is 2. The van der Waals surface area contributed by atoms with Crippen molar-refractivity contribution in [1.29, 1.82) is 0 Å². The van der Waals surface area contributed by atoms with Crippen molar-refractivity contribution in [1.82, 2.24) is 0 Å². The molecule has 0 radical (unpaired) electrons. The fraction of sp³-hybridized carbons (Fsp3) is 0.0556. The molecule has 1 aromatic heterocycles. The predicted molar refractivity (Wildman–Crippen MR) is 90.5 cm³/mol. The maximum atomic E-state index is 12.1. The van der Waals surface area contributed by atoms with Gasteiger partial charge in [0.1, 0.15) is 11.3 Å². The fourth-order valence-corrected chi connectivity index (χ4v) is 2.56. The summed E-state index contributed by atoms with van der Waals surface area (Å²) in [6.07, 6.45) is 1.94. The molecule has 104 valence electrons. The average Bonchev–Trinajstić information content (AvgIpc) is 2.49. The number of fused-ring (bicyclic) bond motifs is 1. The largest absolute Gasteiger partial charge is 0.455 e. The summed E-state index contributed by atoms with van der Waals surface area (Å²) in [6.45, 7) is 2.05. The molecule has 3 aromatic rings. The van der Waals surface area contributed by atoms with Gasteiger partial charge in [0.2, 0.25) is 0 Å². The Labute approximate surface area is 130 Å². The molecule has 21 heavy (non-hydrogen) atoms. The van der Waals surface area contributed by atoms with Gasteiger partial charge in [-0.05, 0) is 46.6 Å². The average molecular weight is 341 g/mol. The molecule has 0 bridgehead atoms. The van der Waals surface area contributed by atoms with Crippen LogP contribution >= 0.6 is 15.9 Å². The molecule has 0 spiro atoms. The van der Waals surface area contributed by atoms with Gasteiger partial charge in [0.25, 0.3) is 0 Å². The molecule has 0 saturated carbocycles. The Morgan fingerprint density at radius 2 is 1.81 bits per heavy atom. The molecule has 0 aliphatic heterocycles. The van der Waals surface area contributed by atoms with E-state index in [9.17, 15) is 4.79 Å². The SMILES string of the molecule is Cc1ccc(/C=C(\Br)c2cc(=O)c3ccccc3o2)cc1. The van der Waals surface area contributed by atoms with Crippen molar-refractivity contribution in [3.63, 3.8) is 0 Å². The van der Waals surface area contributed by atoms with Gasteiger partial charge in [-0.1, -0.05) is 42.0 Å². The summed E-state index contributed by atoms with van der Waals surface area (Å²) in [5.41, 5.74) is 2.80. The van der Waals surface area contributed by atoms with Crippen LogP contribution in [0.15, 0.2) is 63.8 Å². The Morgan fingerprint density at radius 1 is 1.10 bits per heavy atom. The first-order valence-corrected chi connectivity index (χ1v) is 7.40. The van der Waals surface area contributed by atoms with Crippen LogP contribution in [0.3, 0.4) is 0 Å². The van der Waals surface area contributed by atoms with Crippen molar-refractivity contribution >= 4 is 37.5 Å². The number of benzene rings is 2. The van der Waals surface area contributed by atoms with Crippen LogP contribution in [0.5, 0.6) is 0 Å². The smallest absolute Gasteiger partial charge is 0.193 e. The van der Waals surface area contributed by atoms with Crippen LogP contribution in [0.25, 0.3) is 21.5 Å². The van der Waals surface area contributed by atoms with E-state index in [-0.39, 0.29) is 5.43 Å². The highest BCUT2D eigenvalue weighted by atomic mass is 79.9. The summed E-state index contributed by atoms with van der Waals surface area (Å²) < 4.78 is 6.53. The van der Waals surface area contributed by atoms with Crippen LogP contribution in [0.2, 0.25) is 0 Å². The van der Waals surface area contributed by atoms with E-state index in [4.69, 9.17) is 4.42 Å². The third kappa shape index (κ3) is 2.98. The van der Waals surface area contributed by atoms with Crippen molar-refractivity contribution in [2.75, 3.05) is 0 Å². The second-order valence-electron chi connectivity index (χ2n) is 4.87. The van der Waals surface area contributed by atoms with E-state index in [1.807, 2.05) is 49.4 Å². The summed E-state index contributed by atoms with van der Waals surface area (Å²) >= 11 is 3.49. The Balaban J connectivity index is 2.07. The number of hydrogen-bond donors (Lipinski definition) is 0. The topological polar surface area (TPSA) is 30.2 Å². The molecule has 0 atom stereocenters. The first kappa shape index (κ1) is 13.8. The van der Waals surface area contributed by atoms with Gasteiger partial charge in [-0.3, -0.25) is 4.79 Å². The minimum atomic E-state index is -0.0406. The summed E-state index contributed by atoms with van der Waals surface area (Å²) in [7, 11) is 0. The van der Waals surface area contributed by atoms with Gasteiger partial charge in [-0.25, -0.2) is 0 Å². The molecule has 0 unspecified atom stereocenters. The van der Waals surface area contributed by atoms with E-state index in [1.165, 1.54) is 11.6 Å². The molecule has 0 fully saturated rings. The van der Waals surface area contributed by atoms with Crippen LogP contribution in [-0.4, -0.2) is 0 Å². The van der Waals surface area contributed by atoms with Crippen molar-refractivity contribution in [2.45, 2.75) is 6.92 Å². The van der Waals surface area contributed by atoms with Gasteiger partial charge in [0, 0.05) is 6.07 Å². The van der Waals surface area contributed by atoms with Crippen molar-refractivity contribution in [3.8, 4) is 0 Å². The monoisotopic (exact) mass is 340 g/mol. The van der Waals surface area contributed by atoms with E-state index in [1.54, 1.807) is 12.1 Å². The maximum Gasteiger partial charge on any atom is 0.193 e. The van der Waals surface area contributed by atoms with Gasteiger partial charge in [-0.2, -0.15) is 0 Å². The van der Waals surface area contributed by atoms with Crippen molar-refractivity contribution in [3.05, 3.63) is 81.7 Å². The molecule has 0 aliphatic rings. The van der Waals surface area contributed by atoms with E-state index in [2.05, 4.69) is 15.9 Å². The first-order chi connectivity index (χ1) is 10.1. The van der Waals surface area contributed by atoms with Crippen LogP contribution < -0.4 is 5.43 Å². The summed E-state index contributed by atoms with van der Waals surface area (Å²) in [4.78, 5) is 12.1. The molecule has 0 aliphatic carbocycles. The minimum absolute atomic E-state index is 0.0406. The fourth-order valence-electron chi connectivity index (χ4n) is 2.10. The Morgan fingerprint density at radius 3 is 2.57 bits per heavy atom. The molecule has 3 rings (SSSR count). The molecule has 3 heteroatoms. The van der Waals surface area contributed by atoms with Crippen LogP contribution in [0.4, 0.5) is 0 Å². The zero-order valence-electron chi connectivity index (χ0n) is 11.5. The lowest BCUT2D eigenvalue weighted by Gasteiger charge is -2.02. The number of hydrogen-bond acceptors (Lipinski definition) is 2. The lowest BCUT2D eigenvalue weighted by Crippen LogP contribution is -2.00. The molecule has 2 aromatic carbocycles. The third-order valence-electron chi connectivity index (χ3n) is 3.24. The summed E-state index contributed by atoms with van der Waals surface area (Å²) in [5, 5.41) is 0.594. The number of halogens is 1. The van der Waals surface area contributed by atoms with E-state index < -0.39 is 0 Å². The highest BCUT2D eigenvalue weighted by molar-refractivity contribution is 9.15. The van der Waals surface area contributed by atoms with Crippen molar-refractivity contribution in [2.24, 2.45) is 0 Å². The Hall–Kier alpha value is -2.13. The molecule has 0 saturated heterocycles. The van der Waals surface area contributed by atoms with Gasteiger partial charge in [0.15, 0.2) is 5.43 Å². The first-order valence-electron chi connectivity index (χ1n) is 6.60. The predicted octanol–water partition coefficient (Wildman–Crippen LogP) is 4.99. The second-order valence-corrected chi connectivity index (χ2v) is 5.73. The van der Waals surface area contributed by atoms with E-state index in [0.717, 1.165) is 10.0 Å². The molecule has 2 nitrogen and oxygen atoms in total. The number of para-hydroxylation sites is 1. The van der Waals surface area contributed by atoms with Crippen LogP contribution in [0.1, 0.15) is 16.9 Å². The van der Waals surface area contributed by atoms with Gasteiger partial charge in [-0.15, -0.1) is 0 Å². The van der Waals surface area contributed by atoms with Crippen LogP contribution in [0, 0.1) is 6.92 Å². The maximum absolute atomic E-state index is 12.1. The standard InChI is InChI=1S/C18H13BrO2/c1-12-6-8-13(9-7-12)10-15(19)18-11-16(20)14-4-2-3-5-17(14)21-18/h2-11H,1H3/b15-10-. The summed E-state index contributed by atoms with van der Waals surface area (Å²) in [6, 6.07) is 16.9. The minimum Gasteiger partial charge on any atom is -0.455 e.